The first kappa shape index (κ1) is 12.7. The van der Waals surface area contributed by atoms with Gasteiger partial charge < -0.3 is 4.52 Å². The van der Waals surface area contributed by atoms with E-state index in [1.807, 2.05) is 6.92 Å². The fourth-order valence-corrected chi connectivity index (χ4v) is 3.53. The lowest BCUT2D eigenvalue weighted by molar-refractivity contribution is 0.123. The van der Waals surface area contributed by atoms with Gasteiger partial charge in [-0.15, -0.1) is 11.3 Å². The van der Waals surface area contributed by atoms with Gasteiger partial charge in [0.05, 0.1) is 12.6 Å². The van der Waals surface area contributed by atoms with Gasteiger partial charge in [-0.3, -0.25) is 4.90 Å². The van der Waals surface area contributed by atoms with Crippen LogP contribution in [0.3, 0.4) is 0 Å². The fraction of sp³-hybridized carbons (Fsp3) is 0.615. The third-order valence-electron chi connectivity index (χ3n) is 3.44. The number of likely N-dealkylation sites (tertiary alicyclic amines) is 1. The third kappa shape index (κ3) is 2.84. The third-order valence-corrected chi connectivity index (χ3v) is 4.51. The van der Waals surface area contributed by atoms with Gasteiger partial charge in [0, 0.05) is 11.1 Å². The highest BCUT2D eigenvalue weighted by atomic mass is 32.1. The minimum absolute atomic E-state index is 0.402. The van der Waals surface area contributed by atoms with Crippen LogP contribution in [0.25, 0.3) is 0 Å². The zero-order chi connectivity index (χ0) is 13.2. The molecule has 0 radical (unpaired) electrons. The summed E-state index contributed by atoms with van der Waals surface area (Å²) in [5.74, 6) is 1.41. The van der Waals surface area contributed by atoms with Crippen molar-refractivity contribution in [1.29, 1.82) is 0 Å². The maximum atomic E-state index is 5.24. The molecule has 3 heterocycles. The molecule has 1 aliphatic heterocycles. The summed E-state index contributed by atoms with van der Waals surface area (Å²) in [5.41, 5.74) is 1.11. The summed E-state index contributed by atoms with van der Waals surface area (Å²) >= 11 is 1.76. The second-order valence-electron chi connectivity index (χ2n) is 5.04. The lowest BCUT2D eigenvalue weighted by Gasteiger charge is -2.33. The molecule has 3 rings (SSSR count). The molecule has 1 aliphatic rings. The number of aryl methyl sites for hydroxylation is 2. The van der Waals surface area contributed by atoms with Gasteiger partial charge in [0.2, 0.25) is 5.89 Å². The van der Waals surface area contributed by atoms with Crippen molar-refractivity contribution >= 4 is 11.3 Å². The largest absolute Gasteiger partial charge is 0.338 e. The Labute approximate surface area is 116 Å². The van der Waals surface area contributed by atoms with Crippen molar-refractivity contribution in [2.75, 3.05) is 6.54 Å². The van der Waals surface area contributed by atoms with E-state index < -0.39 is 0 Å². The Morgan fingerprint density at radius 2 is 2.26 bits per heavy atom. The molecule has 0 saturated carbocycles. The van der Waals surface area contributed by atoms with Gasteiger partial charge in [0.15, 0.2) is 5.82 Å². The summed E-state index contributed by atoms with van der Waals surface area (Å²) in [5, 5.41) is 7.20. The van der Waals surface area contributed by atoms with Crippen molar-refractivity contribution in [3.05, 3.63) is 27.8 Å². The molecule has 0 aliphatic carbocycles. The van der Waals surface area contributed by atoms with Crippen molar-refractivity contribution < 1.29 is 4.52 Å². The van der Waals surface area contributed by atoms with Gasteiger partial charge in [-0.1, -0.05) is 11.6 Å². The second-order valence-corrected chi connectivity index (χ2v) is 5.93. The van der Waals surface area contributed by atoms with Gasteiger partial charge >= 0.3 is 0 Å². The maximum absolute atomic E-state index is 5.24. The number of thiazole rings is 1. The van der Waals surface area contributed by atoms with Gasteiger partial charge in [-0.25, -0.2) is 4.98 Å². The Balaban J connectivity index is 1.77. The van der Waals surface area contributed by atoms with Crippen LogP contribution in [0.4, 0.5) is 0 Å². The van der Waals surface area contributed by atoms with E-state index in [2.05, 4.69) is 32.3 Å². The molecule has 0 spiro atoms. The van der Waals surface area contributed by atoms with E-state index in [0.29, 0.717) is 17.8 Å². The maximum Gasteiger partial charge on any atom is 0.240 e. The van der Waals surface area contributed by atoms with Crippen molar-refractivity contribution in [2.24, 2.45) is 0 Å². The van der Waals surface area contributed by atoms with Crippen molar-refractivity contribution in [3.63, 3.8) is 0 Å². The Hall–Kier alpha value is -1.27. The van der Waals surface area contributed by atoms with Crippen molar-refractivity contribution in [3.8, 4) is 0 Å². The van der Waals surface area contributed by atoms with Gasteiger partial charge in [0.25, 0.3) is 0 Å². The summed E-state index contributed by atoms with van der Waals surface area (Å²) < 4.78 is 5.24. The van der Waals surface area contributed by atoms with Crippen LogP contribution in [-0.4, -0.2) is 26.6 Å². The van der Waals surface area contributed by atoms with E-state index in [4.69, 9.17) is 4.52 Å². The molecule has 1 fully saturated rings. The predicted octanol–water partition coefficient (Wildman–Crippen LogP) is 2.87. The van der Waals surface area contributed by atoms with Gasteiger partial charge in [-0.2, -0.15) is 4.98 Å². The van der Waals surface area contributed by atoms with E-state index in [9.17, 15) is 0 Å². The molecule has 19 heavy (non-hydrogen) atoms. The van der Waals surface area contributed by atoms with Crippen LogP contribution in [0.5, 0.6) is 0 Å². The molecule has 0 N–H and O–H groups in total. The lowest BCUT2D eigenvalue weighted by Crippen LogP contribution is -2.33. The number of piperidine rings is 1. The second kappa shape index (κ2) is 5.38. The van der Waals surface area contributed by atoms with Gasteiger partial charge in [0.1, 0.15) is 5.01 Å². The quantitative estimate of drug-likeness (QED) is 0.864. The molecular weight excluding hydrogens is 260 g/mol. The fourth-order valence-electron chi connectivity index (χ4n) is 2.56. The van der Waals surface area contributed by atoms with E-state index in [1.54, 1.807) is 11.3 Å². The highest BCUT2D eigenvalue weighted by Gasteiger charge is 2.27. The first-order valence-electron chi connectivity index (χ1n) is 6.67. The first-order valence-corrected chi connectivity index (χ1v) is 7.55. The normalized spacial score (nSPS) is 20.8. The number of hydrogen-bond acceptors (Lipinski definition) is 6. The smallest absolute Gasteiger partial charge is 0.240 e. The monoisotopic (exact) mass is 278 g/mol. The molecule has 0 aromatic carbocycles. The van der Waals surface area contributed by atoms with Crippen molar-refractivity contribution in [2.45, 2.75) is 45.7 Å². The van der Waals surface area contributed by atoms with Crippen LogP contribution in [0.1, 0.15) is 47.7 Å². The number of aromatic nitrogens is 3. The molecule has 1 saturated heterocycles. The Bertz CT molecular complexity index is 550. The average Bonchev–Trinajstić information content (AvgIpc) is 2.99. The minimum Gasteiger partial charge on any atom is -0.338 e. The average molecular weight is 278 g/mol. The topological polar surface area (TPSA) is 55.1 Å². The standard InChI is InChI=1S/C13H18N4OS/c1-9-8-19-13(14-9)11-5-3-4-6-17(11)7-12-15-10(2)16-18-12/h8,11H,3-7H2,1-2H3/t11-/m0/s1. The van der Waals surface area contributed by atoms with E-state index in [-0.39, 0.29) is 0 Å². The highest BCUT2D eigenvalue weighted by molar-refractivity contribution is 7.09. The van der Waals surface area contributed by atoms with Crippen LogP contribution in [0.15, 0.2) is 9.90 Å². The van der Waals surface area contributed by atoms with E-state index >= 15 is 0 Å². The van der Waals surface area contributed by atoms with Crippen LogP contribution in [-0.2, 0) is 6.54 Å². The molecule has 2 aromatic heterocycles. The zero-order valence-electron chi connectivity index (χ0n) is 11.3. The summed E-state index contributed by atoms with van der Waals surface area (Å²) in [6.07, 6.45) is 3.66. The van der Waals surface area contributed by atoms with Crippen LogP contribution in [0, 0.1) is 13.8 Å². The summed E-state index contributed by atoms with van der Waals surface area (Å²) in [6.45, 7) is 5.70. The number of nitrogens with zero attached hydrogens (tertiary/aromatic N) is 4. The molecule has 0 bridgehead atoms. The molecule has 0 unspecified atom stereocenters. The molecule has 2 aromatic rings. The van der Waals surface area contributed by atoms with Crippen LogP contribution < -0.4 is 0 Å². The SMILES string of the molecule is Cc1csc([C@@H]2CCCCN2Cc2nc(C)no2)n1. The molecule has 102 valence electrons. The summed E-state index contributed by atoms with van der Waals surface area (Å²) in [6, 6.07) is 0.402. The zero-order valence-corrected chi connectivity index (χ0v) is 12.1. The van der Waals surface area contributed by atoms with Gasteiger partial charge in [-0.05, 0) is 33.2 Å². The molecule has 5 nitrogen and oxygen atoms in total. The molecule has 1 atom stereocenters. The Kier molecular flexibility index (Phi) is 3.61. The summed E-state index contributed by atoms with van der Waals surface area (Å²) in [7, 11) is 0. The molecular formula is C13H18N4OS. The summed E-state index contributed by atoms with van der Waals surface area (Å²) in [4.78, 5) is 11.4. The predicted molar refractivity (Wildman–Crippen MR) is 72.9 cm³/mol. The first-order chi connectivity index (χ1) is 9.22. The Morgan fingerprint density at radius 1 is 1.37 bits per heavy atom. The Morgan fingerprint density at radius 3 is 2.95 bits per heavy atom. The number of hydrogen-bond donors (Lipinski definition) is 0. The van der Waals surface area contributed by atoms with Crippen LogP contribution in [0.2, 0.25) is 0 Å². The van der Waals surface area contributed by atoms with E-state index in [0.717, 1.165) is 18.8 Å². The van der Waals surface area contributed by atoms with Crippen molar-refractivity contribution in [1.82, 2.24) is 20.0 Å². The molecule has 0 amide bonds. The number of rotatable bonds is 3. The van der Waals surface area contributed by atoms with E-state index in [1.165, 1.54) is 24.3 Å². The minimum atomic E-state index is 0.402. The highest BCUT2D eigenvalue weighted by Crippen LogP contribution is 2.33. The molecule has 6 heteroatoms. The van der Waals surface area contributed by atoms with Crippen LogP contribution >= 0.6 is 11.3 Å². The lowest BCUT2D eigenvalue weighted by atomic mass is 10.0.